The van der Waals surface area contributed by atoms with Crippen LogP contribution in [-0.4, -0.2) is 49.6 Å². The van der Waals surface area contributed by atoms with Gasteiger partial charge in [-0.25, -0.2) is 4.79 Å². The van der Waals surface area contributed by atoms with E-state index in [2.05, 4.69) is 5.32 Å². The Morgan fingerprint density at radius 2 is 1.89 bits per heavy atom. The molecule has 28 heavy (non-hydrogen) atoms. The monoisotopic (exact) mass is 390 g/mol. The fourth-order valence-corrected chi connectivity index (χ4v) is 3.87. The van der Waals surface area contributed by atoms with Crippen LogP contribution in [0, 0.1) is 5.92 Å². The molecule has 2 fully saturated rings. The quantitative estimate of drug-likeness (QED) is 0.724. The summed E-state index contributed by atoms with van der Waals surface area (Å²) in [5.74, 6) is 0.0628. The number of benzene rings is 1. The highest BCUT2D eigenvalue weighted by Gasteiger charge is 2.38. The van der Waals surface area contributed by atoms with Gasteiger partial charge in [0.25, 0.3) is 0 Å². The standard InChI is InChI=1S/C21H30N2O5/c1-26-15-28-18-12-19(22-20(24)17-10-6-3-7-11-17)23(13-18)21(25)27-14-16-8-4-2-5-9-16/h2,4-5,8-9,17-19H,3,6-7,10-15H2,1H3,(H,22,24)/t18-,19+/m1/s1. The average Bonchev–Trinajstić information content (AvgIpc) is 3.14. The highest BCUT2D eigenvalue weighted by atomic mass is 16.7. The van der Waals surface area contributed by atoms with Gasteiger partial charge in [-0.3, -0.25) is 9.69 Å². The van der Waals surface area contributed by atoms with E-state index in [1.54, 1.807) is 12.0 Å². The van der Waals surface area contributed by atoms with E-state index in [9.17, 15) is 9.59 Å². The Morgan fingerprint density at radius 1 is 1.14 bits per heavy atom. The Hall–Kier alpha value is -2.12. The van der Waals surface area contributed by atoms with E-state index >= 15 is 0 Å². The Bertz CT molecular complexity index is 633. The summed E-state index contributed by atoms with van der Waals surface area (Å²) in [4.78, 5) is 26.9. The molecule has 1 aromatic rings. The van der Waals surface area contributed by atoms with Crippen LogP contribution in [0.1, 0.15) is 44.1 Å². The van der Waals surface area contributed by atoms with Crippen molar-refractivity contribution in [1.82, 2.24) is 10.2 Å². The molecule has 0 radical (unpaired) electrons. The lowest BCUT2D eigenvalue weighted by Crippen LogP contribution is -2.49. The van der Waals surface area contributed by atoms with Gasteiger partial charge in [0.15, 0.2) is 0 Å². The molecule has 1 saturated carbocycles. The van der Waals surface area contributed by atoms with Gasteiger partial charge in [-0.15, -0.1) is 0 Å². The van der Waals surface area contributed by atoms with Crippen molar-refractivity contribution in [2.45, 2.75) is 57.4 Å². The number of nitrogens with zero attached hydrogens (tertiary/aromatic N) is 1. The molecule has 2 atom stereocenters. The van der Waals surface area contributed by atoms with Crippen LogP contribution in [0.4, 0.5) is 4.79 Å². The van der Waals surface area contributed by atoms with E-state index in [4.69, 9.17) is 14.2 Å². The number of methoxy groups -OCH3 is 1. The van der Waals surface area contributed by atoms with Gasteiger partial charge in [0.1, 0.15) is 19.6 Å². The first kappa shape index (κ1) is 20.6. The fourth-order valence-electron chi connectivity index (χ4n) is 3.87. The lowest BCUT2D eigenvalue weighted by molar-refractivity contribution is -0.127. The van der Waals surface area contributed by atoms with Gasteiger partial charge in [0.2, 0.25) is 5.91 Å². The van der Waals surface area contributed by atoms with Crippen LogP contribution in [0.3, 0.4) is 0 Å². The number of ether oxygens (including phenoxy) is 3. The largest absolute Gasteiger partial charge is 0.444 e. The van der Waals surface area contributed by atoms with E-state index in [0.717, 1.165) is 31.2 Å². The van der Waals surface area contributed by atoms with E-state index < -0.39 is 12.3 Å². The number of carbonyl (C=O) groups excluding carboxylic acids is 2. The zero-order valence-electron chi connectivity index (χ0n) is 16.5. The van der Waals surface area contributed by atoms with Crippen LogP contribution in [0.2, 0.25) is 0 Å². The Morgan fingerprint density at radius 3 is 2.61 bits per heavy atom. The number of carbonyl (C=O) groups is 2. The Balaban J connectivity index is 1.59. The van der Waals surface area contributed by atoms with Crippen molar-refractivity contribution < 1.29 is 23.8 Å². The van der Waals surface area contributed by atoms with Crippen LogP contribution >= 0.6 is 0 Å². The van der Waals surface area contributed by atoms with Gasteiger partial charge in [-0.2, -0.15) is 0 Å². The third kappa shape index (κ3) is 5.69. The highest BCUT2D eigenvalue weighted by Crippen LogP contribution is 2.26. The molecule has 1 aromatic carbocycles. The van der Waals surface area contributed by atoms with Crippen molar-refractivity contribution in [2.75, 3.05) is 20.4 Å². The summed E-state index contributed by atoms with van der Waals surface area (Å²) in [6.07, 6.45) is 4.68. The van der Waals surface area contributed by atoms with Crippen LogP contribution in [0.25, 0.3) is 0 Å². The smallest absolute Gasteiger partial charge is 0.411 e. The average molecular weight is 390 g/mol. The van der Waals surface area contributed by atoms with Gasteiger partial charge < -0.3 is 19.5 Å². The van der Waals surface area contributed by atoms with Crippen molar-refractivity contribution in [3.05, 3.63) is 35.9 Å². The maximum Gasteiger partial charge on any atom is 0.411 e. The molecule has 2 aliphatic rings. The SMILES string of the molecule is COCO[C@@H]1C[C@@H](NC(=O)C2CCCCC2)N(C(=O)OCc2ccccc2)C1. The topological polar surface area (TPSA) is 77.1 Å². The lowest BCUT2D eigenvalue weighted by Gasteiger charge is -2.27. The zero-order chi connectivity index (χ0) is 19.8. The summed E-state index contributed by atoms with van der Waals surface area (Å²) in [6, 6.07) is 9.54. The molecule has 1 aliphatic carbocycles. The third-order valence-electron chi connectivity index (χ3n) is 5.41. The molecule has 1 aliphatic heterocycles. The van der Waals surface area contributed by atoms with Gasteiger partial charge in [-0.05, 0) is 18.4 Å². The first-order valence-electron chi connectivity index (χ1n) is 10.1. The number of rotatable bonds is 7. The van der Waals surface area contributed by atoms with E-state index in [1.807, 2.05) is 30.3 Å². The van der Waals surface area contributed by atoms with Crippen molar-refractivity contribution >= 4 is 12.0 Å². The predicted octanol–water partition coefficient (Wildman–Crippen LogP) is 3.04. The summed E-state index contributed by atoms with van der Waals surface area (Å²) < 4.78 is 16.1. The van der Waals surface area contributed by atoms with Crippen molar-refractivity contribution in [1.29, 1.82) is 0 Å². The number of hydrogen-bond donors (Lipinski definition) is 1. The minimum atomic E-state index is -0.443. The van der Waals surface area contributed by atoms with Gasteiger partial charge in [0, 0.05) is 19.4 Å². The highest BCUT2D eigenvalue weighted by molar-refractivity contribution is 5.79. The molecular formula is C21H30N2O5. The molecule has 1 N–H and O–H groups in total. The number of likely N-dealkylation sites (tertiary alicyclic amines) is 1. The first-order valence-corrected chi connectivity index (χ1v) is 10.1. The molecule has 1 heterocycles. The molecule has 3 rings (SSSR count). The van der Waals surface area contributed by atoms with Crippen molar-refractivity contribution in [3.63, 3.8) is 0 Å². The maximum absolute atomic E-state index is 12.7. The number of hydrogen-bond acceptors (Lipinski definition) is 5. The first-order chi connectivity index (χ1) is 13.7. The molecular weight excluding hydrogens is 360 g/mol. The van der Waals surface area contributed by atoms with E-state index in [0.29, 0.717) is 13.0 Å². The second-order valence-electron chi connectivity index (χ2n) is 7.48. The summed E-state index contributed by atoms with van der Waals surface area (Å²) in [5.41, 5.74) is 0.921. The molecule has 0 spiro atoms. The summed E-state index contributed by atoms with van der Waals surface area (Å²) in [6.45, 7) is 0.719. The van der Waals surface area contributed by atoms with Crippen LogP contribution in [0.15, 0.2) is 30.3 Å². The molecule has 154 valence electrons. The Labute approximate surface area is 166 Å². The lowest BCUT2D eigenvalue weighted by atomic mass is 9.88. The molecule has 7 heteroatoms. The molecule has 0 unspecified atom stereocenters. The van der Waals surface area contributed by atoms with Gasteiger partial charge >= 0.3 is 6.09 Å². The molecule has 0 aromatic heterocycles. The van der Waals surface area contributed by atoms with Crippen molar-refractivity contribution in [3.8, 4) is 0 Å². The normalized spacial score (nSPS) is 22.8. The van der Waals surface area contributed by atoms with Crippen LogP contribution < -0.4 is 5.32 Å². The summed E-state index contributed by atoms with van der Waals surface area (Å²) in [7, 11) is 1.56. The van der Waals surface area contributed by atoms with E-state index in [1.165, 1.54) is 6.42 Å². The maximum atomic E-state index is 12.7. The summed E-state index contributed by atoms with van der Waals surface area (Å²) >= 11 is 0. The molecule has 2 amide bonds. The minimum absolute atomic E-state index is 0.0259. The van der Waals surface area contributed by atoms with Crippen LogP contribution in [0.5, 0.6) is 0 Å². The third-order valence-corrected chi connectivity index (χ3v) is 5.41. The summed E-state index contributed by atoms with van der Waals surface area (Å²) in [5, 5.41) is 3.05. The second kappa shape index (κ2) is 10.4. The minimum Gasteiger partial charge on any atom is -0.444 e. The van der Waals surface area contributed by atoms with Gasteiger partial charge in [0.05, 0.1) is 12.6 Å². The second-order valence-corrected chi connectivity index (χ2v) is 7.48. The predicted molar refractivity (Wildman–Crippen MR) is 103 cm³/mol. The molecule has 1 saturated heterocycles. The molecule has 7 nitrogen and oxygen atoms in total. The number of amides is 2. The van der Waals surface area contributed by atoms with Crippen LogP contribution in [-0.2, 0) is 25.6 Å². The molecule has 0 bridgehead atoms. The number of nitrogens with one attached hydrogen (secondary N) is 1. The zero-order valence-corrected chi connectivity index (χ0v) is 16.5. The fraction of sp³-hybridized carbons (Fsp3) is 0.619. The van der Waals surface area contributed by atoms with Crippen molar-refractivity contribution in [2.24, 2.45) is 5.92 Å². The van der Waals surface area contributed by atoms with Gasteiger partial charge in [-0.1, -0.05) is 49.6 Å². The van der Waals surface area contributed by atoms with E-state index in [-0.39, 0.29) is 31.3 Å². The Kier molecular flexibility index (Phi) is 7.68.